The van der Waals surface area contributed by atoms with Crippen molar-refractivity contribution in [2.24, 2.45) is 17.8 Å². The molecule has 316 valence electrons. The topological polar surface area (TPSA) is 3.24 Å². The predicted octanol–water partition coefficient (Wildman–Crippen LogP) is 17.1. The molecule has 4 aliphatic rings. The second-order valence-corrected chi connectivity index (χ2v) is 20.1. The lowest BCUT2D eigenvalue weighted by molar-refractivity contribution is 0.0856. The number of hydrogen-bond donors (Lipinski definition) is 0. The molecule has 4 atom stereocenters. The van der Waals surface area contributed by atoms with Crippen LogP contribution in [-0.4, -0.2) is 0 Å². The van der Waals surface area contributed by atoms with Gasteiger partial charge in [0, 0.05) is 22.5 Å². The van der Waals surface area contributed by atoms with Crippen LogP contribution in [0.25, 0.3) is 54.6 Å². The molecule has 0 radical (unpaired) electrons. The average molecular weight is 846 g/mol. The molecule has 4 unspecified atom stereocenters. The Balaban J connectivity index is 1.05. The Morgan fingerprint density at radius 2 is 0.848 bits per heavy atom. The molecule has 1 heteroatoms. The quantitative estimate of drug-likeness (QED) is 0.156. The largest absolute Gasteiger partial charge is 0.310 e. The maximum atomic E-state index is 2.64. The summed E-state index contributed by atoms with van der Waals surface area (Å²) in [6.45, 7) is 2.52. The molecule has 0 N–H and O–H groups in total. The van der Waals surface area contributed by atoms with E-state index in [1.165, 1.54) is 132 Å². The third-order valence-electron chi connectivity index (χ3n) is 16.8. The normalized spacial score (nSPS) is 20.8. The van der Waals surface area contributed by atoms with Crippen LogP contribution in [0.4, 0.5) is 17.1 Å². The number of rotatable bonds is 5. The SMILES string of the molecule is CC1CC2CCC3(c4ccccc4-c4ccc(N(c5ccc6c(c5)C(c5ccccc5)(c5ccccc5)c5ccccc5-6)c5ccc6c7ccccc7c7ccccc7c6c5)cc43)C(C1)C2. The highest BCUT2D eigenvalue weighted by Crippen LogP contribution is 2.63. The van der Waals surface area contributed by atoms with E-state index in [1.54, 1.807) is 5.56 Å². The first-order chi connectivity index (χ1) is 32.6. The first-order valence-electron chi connectivity index (χ1n) is 24.3. The Bertz CT molecular complexity index is 3490. The van der Waals surface area contributed by atoms with Gasteiger partial charge in [-0.1, -0.05) is 183 Å². The Labute approximate surface area is 388 Å². The van der Waals surface area contributed by atoms with E-state index in [0.29, 0.717) is 5.92 Å². The van der Waals surface area contributed by atoms with Gasteiger partial charge in [-0.3, -0.25) is 0 Å². The number of anilines is 3. The molecule has 0 aliphatic heterocycles. The fourth-order valence-corrected chi connectivity index (χ4v) is 14.3. The minimum absolute atomic E-state index is 0.0205. The van der Waals surface area contributed by atoms with Crippen LogP contribution < -0.4 is 4.90 Å². The van der Waals surface area contributed by atoms with Crippen LogP contribution in [0.15, 0.2) is 212 Å². The monoisotopic (exact) mass is 845 g/mol. The van der Waals surface area contributed by atoms with E-state index in [-0.39, 0.29) is 5.41 Å². The van der Waals surface area contributed by atoms with Crippen LogP contribution in [0.5, 0.6) is 0 Å². The van der Waals surface area contributed by atoms with E-state index in [0.717, 1.165) is 11.8 Å². The van der Waals surface area contributed by atoms with Crippen molar-refractivity contribution in [3.63, 3.8) is 0 Å². The summed E-state index contributed by atoms with van der Waals surface area (Å²) < 4.78 is 0. The molecule has 0 aromatic heterocycles. The van der Waals surface area contributed by atoms with Crippen LogP contribution in [0.1, 0.15) is 72.4 Å². The van der Waals surface area contributed by atoms with Gasteiger partial charge in [-0.05, 0) is 174 Å². The summed E-state index contributed by atoms with van der Waals surface area (Å²) in [7, 11) is 0. The molecule has 2 fully saturated rings. The minimum atomic E-state index is -0.505. The van der Waals surface area contributed by atoms with Crippen LogP contribution in [-0.2, 0) is 10.8 Å². The number of fused-ring (bicyclic) bond motifs is 17. The van der Waals surface area contributed by atoms with Crippen molar-refractivity contribution in [3.8, 4) is 22.3 Å². The van der Waals surface area contributed by atoms with Crippen LogP contribution in [0.2, 0.25) is 0 Å². The van der Waals surface area contributed by atoms with Crippen LogP contribution >= 0.6 is 0 Å². The third-order valence-corrected chi connectivity index (χ3v) is 16.8. The Morgan fingerprint density at radius 3 is 1.50 bits per heavy atom. The second kappa shape index (κ2) is 14.4. The van der Waals surface area contributed by atoms with Crippen molar-refractivity contribution in [1.82, 2.24) is 0 Å². The molecule has 14 rings (SSSR count). The summed E-state index contributed by atoms with van der Waals surface area (Å²) in [5.74, 6) is 2.24. The molecule has 1 spiro atoms. The van der Waals surface area contributed by atoms with Gasteiger partial charge in [0.25, 0.3) is 0 Å². The summed E-state index contributed by atoms with van der Waals surface area (Å²) >= 11 is 0. The molecule has 2 saturated carbocycles. The summed E-state index contributed by atoms with van der Waals surface area (Å²) in [4.78, 5) is 2.60. The van der Waals surface area contributed by atoms with Crippen molar-refractivity contribution in [1.29, 1.82) is 0 Å². The van der Waals surface area contributed by atoms with E-state index < -0.39 is 5.41 Å². The van der Waals surface area contributed by atoms with Gasteiger partial charge in [-0.15, -0.1) is 0 Å². The molecule has 2 bridgehead atoms. The molecule has 0 amide bonds. The van der Waals surface area contributed by atoms with Crippen molar-refractivity contribution in [2.75, 3.05) is 4.90 Å². The third kappa shape index (κ3) is 5.23. The summed E-state index contributed by atoms with van der Waals surface area (Å²) in [5.41, 5.74) is 16.9. The summed E-state index contributed by atoms with van der Waals surface area (Å²) in [6.07, 6.45) is 6.56. The maximum absolute atomic E-state index is 2.64. The molecule has 66 heavy (non-hydrogen) atoms. The van der Waals surface area contributed by atoms with E-state index in [9.17, 15) is 0 Å². The van der Waals surface area contributed by atoms with Gasteiger partial charge in [-0.25, -0.2) is 0 Å². The van der Waals surface area contributed by atoms with Crippen molar-refractivity contribution in [3.05, 3.63) is 246 Å². The van der Waals surface area contributed by atoms with Gasteiger partial charge in [0.1, 0.15) is 0 Å². The average Bonchev–Trinajstić information content (AvgIpc) is 3.83. The number of benzene rings is 10. The minimum Gasteiger partial charge on any atom is -0.310 e. The standard InChI is InChI=1S/C65H51N/c1-42-36-43-34-35-64(46(37-42)38-43)60-26-14-12-24-55(60)57-32-29-48(40-62(57)64)66(47-28-31-54-52-22-9-8-20-50(52)51-21-10-11-23-53(51)59(54)39-47)49-30-33-58-56-25-13-15-27-61(56)65(63(58)41-49,44-16-4-2-5-17-44)45-18-6-3-7-19-45/h2-33,39-43,46H,34-38H2,1H3. The highest BCUT2D eigenvalue weighted by molar-refractivity contribution is 6.25. The molecule has 0 saturated heterocycles. The smallest absolute Gasteiger partial charge is 0.0714 e. The molecule has 10 aromatic rings. The first-order valence-corrected chi connectivity index (χ1v) is 24.3. The van der Waals surface area contributed by atoms with Gasteiger partial charge in [0.15, 0.2) is 0 Å². The van der Waals surface area contributed by atoms with Crippen molar-refractivity contribution < 1.29 is 0 Å². The molecule has 0 heterocycles. The zero-order valence-corrected chi connectivity index (χ0v) is 37.4. The highest BCUT2D eigenvalue weighted by Gasteiger charge is 2.53. The van der Waals surface area contributed by atoms with Crippen LogP contribution in [0.3, 0.4) is 0 Å². The zero-order chi connectivity index (χ0) is 43.6. The van der Waals surface area contributed by atoms with E-state index in [1.807, 2.05) is 0 Å². The van der Waals surface area contributed by atoms with E-state index in [4.69, 9.17) is 0 Å². The zero-order valence-electron chi connectivity index (χ0n) is 37.4. The Hall–Kier alpha value is -7.22. The van der Waals surface area contributed by atoms with E-state index >= 15 is 0 Å². The lowest BCUT2D eigenvalue weighted by Gasteiger charge is -2.50. The van der Waals surface area contributed by atoms with Crippen LogP contribution in [0, 0.1) is 17.8 Å². The Kier molecular flexibility index (Phi) is 8.30. The van der Waals surface area contributed by atoms with Gasteiger partial charge < -0.3 is 4.90 Å². The van der Waals surface area contributed by atoms with Crippen molar-refractivity contribution >= 4 is 49.4 Å². The second-order valence-electron chi connectivity index (χ2n) is 20.1. The fourth-order valence-electron chi connectivity index (χ4n) is 14.3. The van der Waals surface area contributed by atoms with Gasteiger partial charge in [-0.2, -0.15) is 0 Å². The van der Waals surface area contributed by atoms with Gasteiger partial charge in [0.2, 0.25) is 0 Å². The van der Waals surface area contributed by atoms with E-state index in [2.05, 4.69) is 224 Å². The van der Waals surface area contributed by atoms with Gasteiger partial charge in [0.05, 0.1) is 5.41 Å². The fraction of sp³-hybridized carbons (Fsp3) is 0.169. The molecule has 1 nitrogen and oxygen atoms in total. The highest BCUT2D eigenvalue weighted by atomic mass is 15.1. The maximum Gasteiger partial charge on any atom is 0.0714 e. The summed E-state index contributed by atoms with van der Waals surface area (Å²) in [6, 6.07) is 81.1. The first kappa shape index (κ1) is 38.1. The molecular weight excluding hydrogens is 795 g/mol. The Morgan fingerprint density at radius 1 is 0.379 bits per heavy atom. The summed E-state index contributed by atoms with van der Waals surface area (Å²) in [5, 5.41) is 7.75. The lowest BCUT2D eigenvalue weighted by atomic mass is 9.53. The number of nitrogens with zero attached hydrogens (tertiary/aromatic N) is 1. The van der Waals surface area contributed by atoms with Crippen molar-refractivity contribution in [2.45, 2.75) is 49.9 Å². The molecular formula is C65H51N. The lowest BCUT2D eigenvalue weighted by Crippen LogP contribution is -2.44. The molecule has 4 aliphatic carbocycles. The predicted molar refractivity (Wildman–Crippen MR) is 276 cm³/mol. The number of hydrogen-bond acceptors (Lipinski definition) is 1. The van der Waals surface area contributed by atoms with Gasteiger partial charge >= 0.3 is 0 Å². The molecule has 10 aromatic carbocycles.